The van der Waals surface area contributed by atoms with Crippen molar-refractivity contribution >= 4 is 40.1 Å². The SMILES string of the molecule is C[C@@H](Cc1ccc(Cl)cc1Cl)C(=O)NCc1nc2ccccc2[nH]1. The Balaban J connectivity index is 1.59. The van der Waals surface area contributed by atoms with Crippen LogP contribution in [0.15, 0.2) is 42.5 Å². The number of rotatable bonds is 5. The quantitative estimate of drug-likeness (QED) is 0.708. The first-order valence-corrected chi connectivity index (χ1v) is 8.44. The second-order valence-electron chi connectivity index (χ2n) is 5.76. The van der Waals surface area contributed by atoms with Crippen molar-refractivity contribution in [2.75, 3.05) is 0 Å². The van der Waals surface area contributed by atoms with Gasteiger partial charge in [-0.05, 0) is 36.2 Å². The minimum atomic E-state index is -0.201. The van der Waals surface area contributed by atoms with Crippen LogP contribution in [-0.2, 0) is 17.8 Å². The zero-order chi connectivity index (χ0) is 17.1. The third-order valence-electron chi connectivity index (χ3n) is 3.86. The normalized spacial score (nSPS) is 12.3. The number of para-hydroxylation sites is 2. The van der Waals surface area contributed by atoms with E-state index in [0.29, 0.717) is 23.0 Å². The molecule has 0 spiro atoms. The summed E-state index contributed by atoms with van der Waals surface area (Å²) in [5, 5.41) is 4.08. The highest BCUT2D eigenvalue weighted by Crippen LogP contribution is 2.23. The number of carbonyl (C=O) groups excluding carboxylic acids is 1. The molecule has 0 radical (unpaired) electrons. The molecule has 0 saturated heterocycles. The molecule has 1 aromatic heterocycles. The highest BCUT2D eigenvalue weighted by molar-refractivity contribution is 6.35. The number of fused-ring (bicyclic) bond motifs is 1. The standard InChI is InChI=1S/C18H17Cl2N3O/c1-11(8-12-6-7-13(19)9-14(12)20)18(24)21-10-17-22-15-4-2-3-5-16(15)23-17/h2-7,9,11H,8,10H2,1H3,(H,21,24)(H,22,23)/t11-/m0/s1. The molecule has 124 valence electrons. The first-order valence-electron chi connectivity index (χ1n) is 7.68. The van der Waals surface area contributed by atoms with Crippen molar-refractivity contribution in [1.82, 2.24) is 15.3 Å². The van der Waals surface area contributed by atoms with Crippen LogP contribution < -0.4 is 5.32 Å². The Kier molecular flexibility index (Phi) is 5.07. The van der Waals surface area contributed by atoms with Crippen LogP contribution in [0.4, 0.5) is 0 Å². The Bertz CT molecular complexity index is 843. The highest BCUT2D eigenvalue weighted by atomic mass is 35.5. The number of H-pyrrole nitrogens is 1. The van der Waals surface area contributed by atoms with Crippen molar-refractivity contribution < 1.29 is 4.79 Å². The molecule has 1 heterocycles. The smallest absolute Gasteiger partial charge is 0.223 e. The van der Waals surface area contributed by atoms with E-state index in [4.69, 9.17) is 23.2 Å². The molecule has 2 aromatic carbocycles. The molecule has 3 rings (SSSR count). The van der Waals surface area contributed by atoms with E-state index in [-0.39, 0.29) is 11.8 Å². The number of carbonyl (C=O) groups is 1. The molecule has 0 fully saturated rings. The van der Waals surface area contributed by atoms with E-state index in [0.717, 1.165) is 22.4 Å². The first-order chi connectivity index (χ1) is 11.5. The van der Waals surface area contributed by atoms with Gasteiger partial charge in [-0.25, -0.2) is 4.98 Å². The number of benzene rings is 2. The fourth-order valence-corrected chi connectivity index (χ4v) is 3.03. The third kappa shape index (κ3) is 3.89. The van der Waals surface area contributed by atoms with Crippen molar-refractivity contribution in [2.45, 2.75) is 19.9 Å². The van der Waals surface area contributed by atoms with Gasteiger partial charge < -0.3 is 10.3 Å². The van der Waals surface area contributed by atoms with Crippen molar-refractivity contribution in [3.63, 3.8) is 0 Å². The van der Waals surface area contributed by atoms with Crippen LogP contribution >= 0.6 is 23.2 Å². The number of imidazole rings is 1. The molecule has 3 aromatic rings. The number of halogens is 2. The summed E-state index contributed by atoms with van der Waals surface area (Å²) in [6.07, 6.45) is 0.558. The van der Waals surface area contributed by atoms with Crippen molar-refractivity contribution in [3.05, 3.63) is 63.9 Å². The molecule has 0 aliphatic heterocycles. The summed E-state index contributed by atoms with van der Waals surface area (Å²) in [6, 6.07) is 13.1. The Hall–Kier alpha value is -2.04. The summed E-state index contributed by atoms with van der Waals surface area (Å²) < 4.78 is 0. The van der Waals surface area contributed by atoms with Crippen molar-refractivity contribution in [2.24, 2.45) is 5.92 Å². The number of nitrogens with one attached hydrogen (secondary N) is 2. The van der Waals surface area contributed by atoms with E-state index in [1.807, 2.05) is 37.3 Å². The lowest BCUT2D eigenvalue weighted by Gasteiger charge is -2.12. The lowest BCUT2D eigenvalue weighted by Crippen LogP contribution is -2.30. The summed E-state index contributed by atoms with van der Waals surface area (Å²) >= 11 is 12.1. The van der Waals surface area contributed by atoms with Gasteiger partial charge in [0.25, 0.3) is 0 Å². The summed E-state index contributed by atoms with van der Waals surface area (Å²) in [6.45, 7) is 2.24. The van der Waals surface area contributed by atoms with E-state index < -0.39 is 0 Å². The largest absolute Gasteiger partial charge is 0.349 e. The van der Waals surface area contributed by atoms with Gasteiger partial charge in [0.2, 0.25) is 5.91 Å². The van der Waals surface area contributed by atoms with E-state index in [9.17, 15) is 4.79 Å². The Labute approximate surface area is 150 Å². The molecule has 0 saturated carbocycles. The minimum absolute atomic E-state index is 0.0403. The zero-order valence-electron chi connectivity index (χ0n) is 13.1. The molecule has 0 bridgehead atoms. The second-order valence-corrected chi connectivity index (χ2v) is 6.60. The summed E-state index contributed by atoms with van der Waals surface area (Å²) in [4.78, 5) is 19.9. The van der Waals surface area contributed by atoms with E-state index in [2.05, 4.69) is 15.3 Å². The van der Waals surface area contributed by atoms with Crippen LogP contribution in [0.3, 0.4) is 0 Å². The summed E-state index contributed by atoms with van der Waals surface area (Å²) in [7, 11) is 0. The molecule has 24 heavy (non-hydrogen) atoms. The summed E-state index contributed by atoms with van der Waals surface area (Å²) in [5.41, 5.74) is 2.76. The maximum absolute atomic E-state index is 12.3. The maximum atomic E-state index is 12.3. The van der Waals surface area contributed by atoms with Crippen LogP contribution in [0.2, 0.25) is 10.0 Å². The molecular formula is C18H17Cl2N3O. The fourth-order valence-electron chi connectivity index (χ4n) is 2.54. The van der Waals surface area contributed by atoms with Crippen LogP contribution in [0, 0.1) is 5.92 Å². The van der Waals surface area contributed by atoms with E-state index in [1.54, 1.807) is 12.1 Å². The monoisotopic (exact) mass is 361 g/mol. The Morgan fingerprint density at radius 2 is 2.04 bits per heavy atom. The van der Waals surface area contributed by atoms with Gasteiger partial charge in [0.05, 0.1) is 17.6 Å². The average Bonchev–Trinajstić information content (AvgIpc) is 2.98. The van der Waals surface area contributed by atoms with Gasteiger partial charge in [-0.1, -0.05) is 48.3 Å². The molecule has 6 heteroatoms. The fraction of sp³-hybridized carbons (Fsp3) is 0.222. The Morgan fingerprint density at radius 3 is 2.79 bits per heavy atom. The minimum Gasteiger partial charge on any atom is -0.349 e. The number of nitrogens with zero attached hydrogens (tertiary/aromatic N) is 1. The average molecular weight is 362 g/mol. The van der Waals surface area contributed by atoms with Gasteiger partial charge in [-0.3, -0.25) is 4.79 Å². The maximum Gasteiger partial charge on any atom is 0.223 e. The van der Waals surface area contributed by atoms with Gasteiger partial charge >= 0.3 is 0 Å². The predicted octanol–water partition coefficient (Wildman–Crippen LogP) is 4.36. The predicted molar refractivity (Wildman–Crippen MR) is 97.3 cm³/mol. The molecule has 1 amide bonds. The number of hydrogen-bond donors (Lipinski definition) is 2. The van der Waals surface area contributed by atoms with E-state index >= 15 is 0 Å². The highest BCUT2D eigenvalue weighted by Gasteiger charge is 2.15. The van der Waals surface area contributed by atoms with Gasteiger partial charge in [0.1, 0.15) is 5.82 Å². The van der Waals surface area contributed by atoms with Crippen LogP contribution in [-0.4, -0.2) is 15.9 Å². The molecule has 1 atom stereocenters. The number of aromatic nitrogens is 2. The number of hydrogen-bond acceptors (Lipinski definition) is 2. The Morgan fingerprint density at radius 1 is 1.25 bits per heavy atom. The van der Waals surface area contributed by atoms with Crippen LogP contribution in [0.25, 0.3) is 11.0 Å². The topological polar surface area (TPSA) is 57.8 Å². The van der Waals surface area contributed by atoms with Crippen molar-refractivity contribution in [1.29, 1.82) is 0 Å². The van der Waals surface area contributed by atoms with Crippen molar-refractivity contribution in [3.8, 4) is 0 Å². The number of amides is 1. The van der Waals surface area contributed by atoms with E-state index in [1.165, 1.54) is 0 Å². The lowest BCUT2D eigenvalue weighted by atomic mass is 10.0. The number of aromatic amines is 1. The third-order valence-corrected chi connectivity index (χ3v) is 4.44. The molecule has 0 aliphatic rings. The molecule has 4 nitrogen and oxygen atoms in total. The molecule has 0 unspecified atom stereocenters. The van der Waals surface area contributed by atoms with Gasteiger partial charge in [-0.2, -0.15) is 0 Å². The van der Waals surface area contributed by atoms with Crippen LogP contribution in [0.5, 0.6) is 0 Å². The van der Waals surface area contributed by atoms with Gasteiger partial charge in [0, 0.05) is 16.0 Å². The van der Waals surface area contributed by atoms with Gasteiger partial charge in [-0.15, -0.1) is 0 Å². The lowest BCUT2D eigenvalue weighted by molar-refractivity contribution is -0.124. The molecule has 0 aliphatic carbocycles. The second kappa shape index (κ2) is 7.24. The van der Waals surface area contributed by atoms with Crippen LogP contribution in [0.1, 0.15) is 18.3 Å². The molecule has 2 N–H and O–H groups in total. The zero-order valence-corrected chi connectivity index (χ0v) is 14.7. The van der Waals surface area contributed by atoms with Gasteiger partial charge in [0.15, 0.2) is 0 Å². The summed E-state index contributed by atoms with van der Waals surface area (Å²) in [5.74, 6) is 0.496. The molecular weight excluding hydrogens is 345 g/mol. The first kappa shape index (κ1) is 16.8.